The van der Waals surface area contributed by atoms with Crippen molar-refractivity contribution in [3.8, 4) is 11.4 Å². The highest BCUT2D eigenvalue weighted by atomic mass is 79.9. The molecule has 2 aliphatic rings. The molecule has 6 heteroatoms. The van der Waals surface area contributed by atoms with Gasteiger partial charge < -0.3 is 9.47 Å². The summed E-state index contributed by atoms with van der Waals surface area (Å²) >= 11 is 3.50. The first-order chi connectivity index (χ1) is 13.2. The molecule has 3 heterocycles. The van der Waals surface area contributed by atoms with Gasteiger partial charge in [-0.1, -0.05) is 28.1 Å². The van der Waals surface area contributed by atoms with Crippen LogP contribution in [0.4, 0.5) is 0 Å². The molecule has 138 valence electrons. The van der Waals surface area contributed by atoms with Gasteiger partial charge in [0, 0.05) is 41.8 Å². The lowest BCUT2D eigenvalue weighted by molar-refractivity contribution is -0.131. The summed E-state index contributed by atoms with van der Waals surface area (Å²) in [6, 6.07) is 10.3. The van der Waals surface area contributed by atoms with E-state index in [-0.39, 0.29) is 0 Å². The van der Waals surface area contributed by atoms with Crippen molar-refractivity contribution >= 4 is 32.9 Å². The van der Waals surface area contributed by atoms with Gasteiger partial charge in [-0.3, -0.25) is 9.78 Å². The number of amides is 1. The molecule has 0 bridgehead atoms. The summed E-state index contributed by atoms with van der Waals surface area (Å²) in [7, 11) is 0. The Balaban J connectivity index is 1.46. The molecule has 0 radical (unpaired) electrons. The Morgan fingerprint density at radius 1 is 1.15 bits per heavy atom. The molecule has 1 atom stereocenters. The maximum absolute atomic E-state index is 12.4. The first kappa shape index (κ1) is 16.9. The van der Waals surface area contributed by atoms with Crippen LogP contribution in [0.1, 0.15) is 19.3 Å². The van der Waals surface area contributed by atoms with Crippen LogP contribution in [0.5, 0.6) is 0 Å². The first-order valence-corrected chi connectivity index (χ1v) is 10.3. The fourth-order valence-electron chi connectivity index (χ4n) is 4.01. The van der Waals surface area contributed by atoms with E-state index < -0.39 is 0 Å². The molecule has 3 aromatic rings. The van der Waals surface area contributed by atoms with Crippen LogP contribution in [0.2, 0.25) is 0 Å². The fraction of sp³-hybridized carbons (Fsp3) is 0.381. The Labute approximate surface area is 166 Å². The van der Waals surface area contributed by atoms with E-state index in [1.54, 1.807) is 0 Å². The predicted octanol–water partition coefficient (Wildman–Crippen LogP) is 4.12. The van der Waals surface area contributed by atoms with Crippen molar-refractivity contribution in [1.82, 2.24) is 19.4 Å². The molecule has 0 N–H and O–H groups in total. The van der Waals surface area contributed by atoms with Gasteiger partial charge in [0.15, 0.2) is 0 Å². The molecule has 0 spiro atoms. The number of rotatable bonds is 4. The molecule has 2 aromatic heterocycles. The summed E-state index contributed by atoms with van der Waals surface area (Å²) in [6.07, 6.45) is 6.86. The van der Waals surface area contributed by atoms with Gasteiger partial charge in [-0.05, 0) is 43.4 Å². The van der Waals surface area contributed by atoms with Crippen molar-refractivity contribution in [2.45, 2.75) is 25.8 Å². The molecule has 5 nitrogen and oxygen atoms in total. The number of likely N-dealkylation sites (tertiary alicyclic amines) is 1. The van der Waals surface area contributed by atoms with Gasteiger partial charge in [-0.2, -0.15) is 0 Å². The van der Waals surface area contributed by atoms with Crippen LogP contribution in [0.15, 0.2) is 47.2 Å². The lowest BCUT2D eigenvalue weighted by Crippen LogP contribution is -2.30. The van der Waals surface area contributed by atoms with Crippen molar-refractivity contribution in [3.05, 3.63) is 47.2 Å². The standard InChI is InChI=1S/C21H21BrN4O/c22-17-5-3-15(4-6-17)20-24-18-11-23-9-7-19(18)26(20)13-14-8-10-25(12-14)21(27)16-1-2-16/h3-7,9,11,14,16H,1-2,8,10,12-13H2/t14-/m1/s1. The van der Waals surface area contributed by atoms with Gasteiger partial charge in [0.05, 0.1) is 11.7 Å². The normalized spacial score (nSPS) is 19.7. The van der Waals surface area contributed by atoms with Gasteiger partial charge in [-0.15, -0.1) is 0 Å². The average molecular weight is 425 g/mol. The number of halogens is 1. The third kappa shape index (κ3) is 3.27. The number of hydrogen-bond donors (Lipinski definition) is 0. The van der Waals surface area contributed by atoms with Gasteiger partial charge in [-0.25, -0.2) is 4.98 Å². The number of benzene rings is 1. The second kappa shape index (κ2) is 6.75. The fourth-order valence-corrected chi connectivity index (χ4v) is 4.28. The molecule has 1 aliphatic heterocycles. The third-order valence-corrected chi connectivity index (χ3v) is 6.15. The molecule has 1 aliphatic carbocycles. The highest BCUT2D eigenvalue weighted by molar-refractivity contribution is 9.10. The molecule has 27 heavy (non-hydrogen) atoms. The van der Waals surface area contributed by atoms with Crippen molar-refractivity contribution < 1.29 is 4.79 Å². The van der Waals surface area contributed by atoms with Gasteiger partial charge in [0.1, 0.15) is 11.3 Å². The van der Waals surface area contributed by atoms with E-state index in [4.69, 9.17) is 4.98 Å². The van der Waals surface area contributed by atoms with Crippen molar-refractivity contribution in [2.75, 3.05) is 13.1 Å². The maximum atomic E-state index is 12.4. The van der Waals surface area contributed by atoms with Crippen LogP contribution in [0.25, 0.3) is 22.4 Å². The van der Waals surface area contributed by atoms with E-state index in [0.29, 0.717) is 17.7 Å². The molecule has 1 amide bonds. The molecule has 1 aromatic carbocycles. The van der Waals surface area contributed by atoms with Crippen LogP contribution in [-0.2, 0) is 11.3 Å². The predicted molar refractivity (Wildman–Crippen MR) is 108 cm³/mol. The Kier molecular flexibility index (Phi) is 4.23. The second-order valence-electron chi connectivity index (χ2n) is 7.63. The zero-order chi connectivity index (χ0) is 18.4. The summed E-state index contributed by atoms with van der Waals surface area (Å²) < 4.78 is 3.36. The quantitative estimate of drug-likeness (QED) is 0.632. The summed E-state index contributed by atoms with van der Waals surface area (Å²) in [4.78, 5) is 23.5. The van der Waals surface area contributed by atoms with E-state index in [1.165, 1.54) is 0 Å². The minimum atomic E-state index is 0.308. The van der Waals surface area contributed by atoms with E-state index in [2.05, 4.69) is 42.5 Å². The van der Waals surface area contributed by atoms with Crippen molar-refractivity contribution in [1.29, 1.82) is 0 Å². The summed E-state index contributed by atoms with van der Waals surface area (Å²) in [5.41, 5.74) is 3.12. The number of fused-ring (bicyclic) bond motifs is 1. The molecule has 1 saturated heterocycles. The zero-order valence-corrected chi connectivity index (χ0v) is 16.6. The van der Waals surface area contributed by atoms with Crippen molar-refractivity contribution in [2.24, 2.45) is 11.8 Å². The Hall–Kier alpha value is -2.21. The molecule has 2 fully saturated rings. The van der Waals surface area contributed by atoms with Crippen LogP contribution in [0.3, 0.4) is 0 Å². The van der Waals surface area contributed by atoms with Gasteiger partial charge in [0.2, 0.25) is 5.91 Å². The molecule has 0 unspecified atom stereocenters. The van der Waals surface area contributed by atoms with E-state index in [0.717, 1.165) is 65.8 Å². The van der Waals surface area contributed by atoms with Crippen LogP contribution >= 0.6 is 15.9 Å². The molecular weight excluding hydrogens is 404 g/mol. The topological polar surface area (TPSA) is 51.0 Å². The van der Waals surface area contributed by atoms with Crippen LogP contribution < -0.4 is 0 Å². The van der Waals surface area contributed by atoms with Crippen molar-refractivity contribution in [3.63, 3.8) is 0 Å². The minimum Gasteiger partial charge on any atom is -0.342 e. The molecule has 1 saturated carbocycles. The maximum Gasteiger partial charge on any atom is 0.225 e. The van der Waals surface area contributed by atoms with E-state index >= 15 is 0 Å². The number of carbonyl (C=O) groups excluding carboxylic acids is 1. The Morgan fingerprint density at radius 3 is 2.74 bits per heavy atom. The molecular formula is C21H21BrN4O. The average Bonchev–Trinajstić information content (AvgIpc) is 3.33. The number of pyridine rings is 1. The number of hydrogen-bond acceptors (Lipinski definition) is 3. The lowest BCUT2D eigenvalue weighted by Gasteiger charge is -2.17. The summed E-state index contributed by atoms with van der Waals surface area (Å²) in [6.45, 7) is 2.63. The Bertz CT molecular complexity index is 993. The number of aromatic nitrogens is 3. The third-order valence-electron chi connectivity index (χ3n) is 5.62. The molecule has 5 rings (SSSR count). The first-order valence-electron chi connectivity index (χ1n) is 9.54. The second-order valence-corrected chi connectivity index (χ2v) is 8.55. The highest BCUT2D eigenvalue weighted by Gasteiger charge is 2.36. The SMILES string of the molecule is O=C(C1CC1)N1CC[C@@H](Cn2c(-c3ccc(Br)cc3)nc3cnccc32)C1. The smallest absolute Gasteiger partial charge is 0.225 e. The van der Waals surface area contributed by atoms with E-state index in [1.807, 2.05) is 30.6 Å². The van der Waals surface area contributed by atoms with Crippen LogP contribution in [0, 0.1) is 11.8 Å². The van der Waals surface area contributed by atoms with Crippen LogP contribution in [-0.4, -0.2) is 38.4 Å². The van der Waals surface area contributed by atoms with Gasteiger partial charge in [0.25, 0.3) is 0 Å². The monoisotopic (exact) mass is 424 g/mol. The Morgan fingerprint density at radius 2 is 1.96 bits per heavy atom. The zero-order valence-electron chi connectivity index (χ0n) is 15.0. The van der Waals surface area contributed by atoms with Gasteiger partial charge >= 0.3 is 0 Å². The summed E-state index contributed by atoms with van der Waals surface area (Å²) in [5.74, 6) is 2.11. The minimum absolute atomic E-state index is 0.308. The number of nitrogens with zero attached hydrogens (tertiary/aromatic N) is 4. The summed E-state index contributed by atoms with van der Waals surface area (Å²) in [5, 5.41) is 0. The number of imidazole rings is 1. The number of carbonyl (C=O) groups is 1. The largest absolute Gasteiger partial charge is 0.342 e. The highest BCUT2D eigenvalue weighted by Crippen LogP contribution is 2.34. The lowest BCUT2D eigenvalue weighted by atomic mass is 10.1. The van der Waals surface area contributed by atoms with E-state index in [9.17, 15) is 4.79 Å².